The van der Waals surface area contributed by atoms with Gasteiger partial charge in [0.2, 0.25) is 0 Å². The van der Waals surface area contributed by atoms with E-state index in [9.17, 15) is 0 Å². The van der Waals surface area contributed by atoms with E-state index in [1.54, 1.807) is 11.3 Å². The molecule has 0 spiro atoms. The van der Waals surface area contributed by atoms with E-state index in [4.69, 9.17) is 0 Å². The molecule has 2 nitrogen and oxygen atoms in total. The molecular weight excluding hydrogens is 252 g/mol. The van der Waals surface area contributed by atoms with Crippen LogP contribution in [0.2, 0.25) is 0 Å². The molecule has 0 saturated carbocycles. The van der Waals surface area contributed by atoms with Gasteiger partial charge in [0.1, 0.15) is 0 Å². The van der Waals surface area contributed by atoms with Crippen molar-refractivity contribution in [1.82, 2.24) is 10.2 Å². The van der Waals surface area contributed by atoms with Crippen molar-refractivity contribution in [1.29, 1.82) is 0 Å². The first kappa shape index (κ1) is 12.9. The maximum absolute atomic E-state index is 3.68. The van der Waals surface area contributed by atoms with Gasteiger partial charge in [-0.15, -0.1) is 0 Å². The van der Waals surface area contributed by atoms with Crippen molar-refractivity contribution in [2.24, 2.45) is 0 Å². The molecule has 2 aromatic rings. The lowest BCUT2D eigenvalue weighted by Gasteiger charge is -2.42. The standard InChI is InChI=1S/C16H20N2S/c1-16(15-5-3-2-4-6-15)13-18(9-8-17-16)11-14-7-10-19-12-14/h2-7,10,12,17H,8-9,11,13H2,1H3. The molecule has 1 saturated heterocycles. The summed E-state index contributed by atoms with van der Waals surface area (Å²) in [7, 11) is 0. The van der Waals surface area contributed by atoms with Crippen molar-refractivity contribution in [2.75, 3.05) is 19.6 Å². The second-order valence-corrected chi connectivity index (χ2v) is 6.25. The van der Waals surface area contributed by atoms with E-state index in [0.29, 0.717) is 0 Å². The Labute approximate surface area is 119 Å². The maximum Gasteiger partial charge on any atom is 0.0535 e. The fraction of sp³-hybridized carbons (Fsp3) is 0.375. The lowest BCUT2D eigenvalue weighted by molar-refractivity contribution is 0.136. The molecule has 19 heavy (non-hydrogen) atoms. The van der Waals surface area contributed by atoms with Crippen LogP contribution in [0.25, 0.3) is 0 Å². The molecule has 1 aliphatic heterocycles. The molecule has 1 aromatic carbocycles. The fourth-order valence-electron chi connectivity index (χ4n) is 2.85. The highest BCUT2D eigenvalue weighted by Crippen LogP contribution is 2.25. The van der Waals surface area contributed by atoms with Crippen molar-refractivity contribution in [2.45, 2.75) is 19.0 Å². The SMILES string of the molecule is CC1(c2ccccc2)CN(Cc2ccsc2)CCN1. The van der Waals surface area contributed by atoms with Gasteiger partial charge >= 0.3 is 0 Å². The second-order valence-electron chi connectivity index (χ2n) is 5.47. The third-order valence-electron chi connectivity index (χ3n) is 3.88. The van der Waals surface area contributed by atoms with Crippen LogP contribution in [-0.2, 0) is 12.1 Å². The van der Waals surface area contributed by atoms with Gasteiger partial charge in [0.25, 0.3) is 0 Å². The Balaban J connectivity index is 1.74. The molecule has 3 heteroatoms. The molecule has 1 aliphatic rings. The number of nitrogens with one attached hydrogen (secondary N) is 1. The highest BCUT2D eigenvalue weighted by atomic mass is 32.1. The van der Waals surface area contributed by atoms with Crippen LogP contribution >= 0.6 is 11.3 Å². The van der Waals surface area contributed by atoms with Crippen LogP contribution in [0.1, 0.15) is 18.1 Å². The van der Waals surface area contributed by atoms with Gasteiger partial charge in [-0.3, -0.25) is 4.90 Å². The Kier molecular flexibility index (Phi) is 3.69. The minimum Gasteiger partial charge on any atom is -0.305 e. The normalized spacial score (nSPS) is 24.5. The fourth-order valence-corrected chi connectivity index (χ4v) is 3.51. The minimum absolute atomic E-state index is 0.0650. The summed E-state index contributed by atoms with van der Waals surface area (Å²) in [6, 6.07) is 13.0. The first-order chi connectivity index (χ1) is 9.26. The zero-order valence-electron chi connectivity index (χ0n) is 11.3. The van der Waals surface area contributed by atoms with E-state index in [-0.39, 0.29) is 5.54 Å². The van der Waals surface area contributed by atoms with Gasteiger partial charge in [-0.1, -0.05) is 30.3 Å². The van der Waals surface area contributed by atoms with Crippen molar-refractivity contribution in [3.8, 4) is 0 Å². The average Bonchev–Trinajstić information content (AvgIpc) is 2.93. The Hall–Kier alpha value is -1.16. The van der Waals surface area contributed by atoms with E-state index in [0.717, 1.165) is 26.2 Å². The lowest BCUT2D eigenvalue weighted by Crippen LogP contribution is -2.56. The highest BCUT2D eigenvalue weighted by molar-refractivity contribution is 7.07. The summed E-state index contributed by atoms with van der Waals surface area (Å²) in [6.45, 7) is 6.61. The Morgan fingerprint density at radius 1 is 1.26 bits per heavy atom. The van der Waals surface area contributed by atoms with Gasteiger partial charge in [-0.25, -0.2) is 0 Å². The van der Waals surface area contributed by atoms with Gasteiger partial charge in [-0.2, -0.15) is 11.3 Å². The van der Waals surface area contributed by atoms with Crippen LogP contribution in [0.15, 0.2) is 47.2 Å². The summed E-state index contributed by atoms with van der Waals surface area (Å²) < 4.78 is 0. The highest BCUT2D eigenvalue weighted by Gasteiger charge is 2.31. The van der Waals surface area contributed by atoms with Gasteiger partial charge in [0.05, 0.1) is 5.54 Å². The summed E-state index contributed by atoms with van der Waals surface area (Å²) in [6.07, 6.45) is 0. The van der Waals surface area contributed by atoms with E-state index in [1.807, 2.05) is 0 Å². The molecule has 1 atom stereocenters. The Morgan fingerprint density at radius 2 is 2.11 bits per heavy atom. The third kappa shape index (κ3) is 2.89. The van der Waals surface area contributed by atoms with Crippen LogP contribution in [0.3, 0.4) is 0 Å². The second kappa shape index (κ2) is 5.45. The average molecular weight is 272 g/mol. The van der Waals surface area contributed by atoms with Crippen molar-refractivity contribution < 1.29 is 0 Å². The molecule has 1 fully saturated rings. The summed E-state index contributed by atoms with van der Waals surface area (Å²) in [5.74, 6) is 0. The minimum atomic E-state index is 0.0650. The maximum atomic E-state index is 3.68. The quantitative estimate of drug-likeness (QED) is 0.924. The molecule has 1 unspecified atom stereocenters. The van der Waals surface area contributed by atoms with Crippen molar-refractivity contribution >= 4 is 11.3 Å². The molecular formula is C16H20N2S. The van der Waals surface area contributed by atoms with Crippen molar-refractivity contribution in [3.05, 3.63) is 58.3 Å². The number of piperazine rings is 1. The van der Waals surface area contributed by atoms with Crippen LogP contribution in [0, 0.1) is 0 Å². The summed E-state index contributed by atoms with van der Waals surface area (Å²) >= 11 is 1.78. The zero-order chi connectivity index (χ0) is 13.1. The molecule has 100 valence electrons. The summed E-state index contributed by atoms with van der Waals surface area (Å²) in [4.78, 5) is 2.55. The van der Waals surface area contributed by atoms with E-state index < -0.39 is 0 Å². The first-order valence-corrected chi connectivity index (χ1v) is 7.74. The predicted molar refractivity (Wildman–Crippen MR) is 81.4 cm³/mol. The molecule has 1 aromatic heterocycles. The van der Waals surface area contributed by atoms with E-state index >= 15 is 0 Å². The summed E-state index contributed by atoms with van der Waals surface area (Å²) in [5.41, 5.74) is 2.88. The van der Waals surface area contributed by atoms with E-state index in [2.05, 4.69) is 64.3 Å². The zero-order valence-corrected chi connectivity index (χ0v) is 12.1. The van der Waals surface area contributed by atoms with Crippen LogP contribution < -0.4 is 5.32 Å². The van der Waals surface area contributed by atoms with E-state index in [1.165, 1.54) is 11.1 Å². The third-order valence-corrected chi connectivity index (χ3v) is 4.61. The molecule has 2 heterocycles. The number of hydrogen-bond donors (Lipinski definition) is 1. The summed E-state index contributed by atoms with van der Waals surface area (Å²) in [5, 5.41) is 8.09. The topological polar surface area (TPSA) is 15.3 Å². The number of nitrogens with zero attached hydrogens (tertiary/aromatic N) is 1. The van der Waals surface area contributed by atoms with Gasteiger partial charge in [-0.05, 0) is 34.9 Å². The molecule has 0 amide bonds. The van der Waals surface area contributed by atoms with Gasteiger partial charge < -0.3 is 5.32 Å². The number of benzene rings is 1. The van der Waals surface area contributed by atoms with Gasteiger partial charge in [0, 0.05) is 26.2 Å². The number of hydrogen-bond acceptors (Lipinski definition) is 3. The first-order valence-electron chi connectivity index (χ1n) is 6.80. The molecule has 3 rings (SSSR count). The smallest absolute Gasteiger partial charge is 0.0535 e. The van der Waals surface area contributed by atoms with Crippen LogP contribution in [-0.4, -0.2) is 24.5 Å². The molecule has 0 bridgehead atoms. The Bertz CT molecular complexity index is 509. The van der Waals surface area contributed by atoms with Gasteiger partial charge in [0.15, 0.2) is 0 Å². The van der Waals surface area contributed by atoms with Crippen LogP contribution in [0.5, 0.6) is 0 Å². The van der Waals surface area contributed by atoms with Crippen molar-refractivity contribution in [3.63, 3.8) is 0 Å². The molecule has 0 aliphatic carbocycles. The number of thiophene rings is 1. The Morgan fingerprint density at radius 3 is 2.84 bits per heavy atom. The largest absolute Gasteiger partial charge is 0.305 e. The van der Waals surface area contributed by atoms with Crippen LogP contribution in [0.4, 0.5) is 0 Å². The monoisotopic (exact) mass is 272 g/mol. The number of rotatable bonds is 3. The lowest BCUT2D eigenvalue weighted by atomic mass is 9.89. The molecule has 0 radical (unpaired) electrons. The molecule has 1 N–H and O–H groups in total. The predicted octanol–water partition coefficient (Wildman–Crippen LogP) is 3.07.